The van der Waals surface area contributed by atoms with Gasteiger partial charge in [0, 0.05) is 36.1 Å². The van der Waals surface area contributed by atoms with E-state index in [-0.39, 0.29) is 47.6 Å². The summed E-state index contributed by atoms with van der Waals surface area (Å²) in [7, 11) is 1.40. The maximum absolute atomic E-state index is 14.3. The molecule has 2 amide bonds. The van der Waals surface area contributed by atoms with Gasteiger partial charge in [-0.1, -0.05) is 0 Å². The van der Waals surface area contributed by atoms with E-state index in [0.29, 0.717) is 25.7 Å². The molecule has 212 valence electrons. The van der Waals surface area contributed by atoms with E-state index < -0.39 is 54.0 Å². The molecular formula is C25H29F4N5O5. The second-order valence-electron chi connectivity index (χ2n) is 10.7. The van der Waals surface area contributed by atoms with E-state index in [1.54, 1.807) is 4.90 Å². The number of alkyl halides is 3. The number of aromatic amines is 1. The molecule has 0 aromatic carbocycles. The number of aromatic nitrogens is 3. The molecule has 3 aliphatic rings. The summed E-state index contributed by atoms with van der Waals surface area (Å²) < 4.78 is 58.7. The fourth-order valence-corrected chi connectivity index (χ4v) is 5.70. The lowest BCUT2D eigenvalue weighted by Crippen LogP contribution is -2.58. The van der Waals surface area contributed by atoms with Crippen LogP contribution in [0.3, 0.4) is 0 Å². The van der Waals surface area contributed by atoms with Gasteiger partial charge in [-0.15, -0.1) is 0 Å². The third-order valence-electron chi connectivity index (χ3n) is 8.21. The minimum Gasteiger partial charge on any atom is -0.481 e. The highest BCUT2D eigenvalue weighted by atomic mass is 19.4. The van der Waals surface area contributed by atoms with Crippen LogP contribution in [-0.4, -0.2) is 85.2 Å². The van der Waals surface area contributed by atoms with E-state index in [1.165, 1.54) is 19.2 Å². The van der Waals surface area contributed by atoms with Crippen molar-refractivity contribution in [1.82, 2.24) is 25.4 Å². The lowest BCUT2D eigenvalue weighted by molar-refractivity contribution is -0.279. The van der Waals surface area contributed by atoms with Crippen molar-refractivity contribution < 1.29 is 42.1 Å². The van der Waals surface area contributed by atoms with E-state index in [1.807, 2.05) is 0 Å². The van der Waals surface area contributed by atoms with E-state index in [2.05, 4.69) is 20.5 Å². The van der Waals surface area contributed by atoms with Gasteiger partial charge in [-0.05, 0) is 44.6 Å². The lowest BCUT2D eigenvalue weighted by atomic mass is 9.79. The second kappa shape index (κ2) is 9.73. The number of rotatable bonds is 5. The van der Waals surface area contributed by atoms with Crippen LogP contribution >= 0.6 is 0 Å². The number of piperidine rings is 1. The summed E-state index contributed by atoms with van der Waals surface area (Å²) in [6.45, 7) is 0.262. The van der Waals surface area contributed by atoms with Gasteiger partial charge in [-0.25, -0.2) is 9.37 Å². The molecule has 10 nitrogen and oxygen atoms in total. The van der Waals surface area contributed by atoms with Crippen molar-refractivity contribution in [2.75, 3.05) is 13.7 Å². The van der Waals surface area contributed by atoms with Crippen molar-refractivity contribution in [2.24, 2.45) is 5.92 Å². The van der Waals surface area contributed by atoms with Crippen molar-refractivity contribution in [2.45, 2.75) is 74.4 Å². The number of nitrogens with zero attached hydrogens (tertiary/aromatic N) is 3. The van der Waals surface area contributed by atoms with Gasteiger partial charge in [0.2, 0.25) is 11.8 Å². The molecule has 0 radical (unpaired) electrons. The average molecular weight is 556 g/mol. The first kappa shape index (κ1) is 27.3. The molecule has 0 unspecified atom stereocenters. The molecule has 5 rings (SSSR count). The predicted octanol–water partition coefficient (Wildman–Crippen LogP) is 2.33. The number of hydrogen-bond acceptors (Lipinski definition) is 7. The molecule has 1 spiro atoms. The highest BCUT2D eigenvalue weighted by Gasteiger charge is 2.58. The quantitative estimate of drug-likeness (QED) is 0.415. The number of aliphatic hydroxyl groups excluding tert-OH is 1. The van der Waals surface area contributed by atoms with Gasteiger partial charge >= 0.3 is 6.18 Å². The Morgan fingerprint density at radius 1 is 1.21 bits per heavy atom. The first-order valence-electron chi connectivity index (χ1n) is 12.7. The lowest BCUT2D eigenvalue weighted by Gasteiger charge is -2.42. The van der Waals surface area contributed by atoms with Crippen LogP contribution in [0.15, 0.2) is 18.3 Å². The minimum atomic E-state index is -4.87. The zero-order valence-electron chi connectivity index (χ0n) is 21.1. The van der Waals surface area contributed by atoms with Crippen LogP contribution < -0.4 is 10.1 Å². The smallest absolute Gasteiger partial charge is 0.417 e. The molecule has 0 bridgehead atoms. The molecular weight excluding hydrogens is 526 g/mol. The maximum atomic E-state index is 14.3. The molecule has 3 fully saturated rings. The average Bonchev–Trinajstić information content (AvgIpc) is 3.46. The number of amides is 2. The Bertz CT molecular complexity index is 1270. The molecule has 2 aromatic heterocycles. The van der Waals surface area contributed by atoms with Crippen molar-refractivity contribution in [1.29, 1.82) is 0 Å². The number of hydrogen-bond donors (Lipinski definition) is 4. The molecule has 2 aromatic rings. The van der Waals surface area contributed by atoms with Crippen LogP contribution in [0.1, 0.15) is 55.4 Å². The SMILES string of the molecule is COc1cc(-c2cc(C(=O)N3CC[C@H](C(=O)N[C@@H]4CC[C@](O)(C(F)(F)F)C[C@H]4O)CC34CC4)n[nH]2)c(F)cn1. The monoisotopic (exact) mass is 555 g/mol. The van der Waals surface area contributed by atoms with Gasteiger partial charge in [0.15, 0.2) is 17.1 Å². The number of halogens is 4. The van der Waals surface area contributed by atoms with E-state index in [9.17, 15) is 37.4 Å². The number of nitrogens with one attached hydrogen (secondary N) is 2. The summed E-state index contributed by atoms with van der Waals surface area (Å²) in [5, 5.41) is 29.5. The third-order valence-corrected chi connectivity index (χ3v) is 8.21. The minimum absolute atomic E-state index is 0.0943. The standard InChI is InChI=1S/C25H29F4N5O5/c1-39-20-8-14(15(26)12-30-20)17-9-18(33-32-17)22(37)34-7-3-13(10-23(34)5-6-23)21(36)31-16-2-4-24(38,11-19(16)35)25(27,28)29/h8-9,12-13,16,19,35,38H,2-7,10-11H2,1H3,(H,31,36)(H,32,33)/t13-,16+,19+,24+/m0/s1. The van der Waals surface area contributed by atoms with E-state index in [4.69, 9.17) is 4.74 Å². The normalized spacial score (nSPS) is 28.3. The molecule has 3 heterocycles. The number of carbonyl (C=O) groups is 2. The van der Waals surface area contributed by atoms with Gasteiger partial charge in [0.05, 0.1) is 31.1 Å². The Balaban J connectivity index is 1.22. The van der Waals surface area contributed by atoms with Crippen LogP contribution in [0.5, 0.6) is 5.88 Å². The molecule has 2 saturated carbocycles. The van der Waals surface area contributed by atoms with Gasteiger partial charge in [-0.2, -0.15) is 18.3 Å². The number of carbonyl (C=O) groups excluding carboxylic acids is 2. The number of H-pyrrole nitrogens is 1. The highest BCUT2D eigenvalue weighted by molar-refractivity contribution is 5.94. The van der Waals surface area contributed by atoms with Gasteiger partial charge < -0.3 is 25.2 Å². The van der Waals surface area contributed by atoms with Crippen molar-refractivity contribution in [3.05, 3.63) is 29.8 Å². The van der Waals surface area contributed by atoms with Crippen molar-refractivity contribution >= 4 is 11.8 Å². The number of likely N-dealkylation sites (tertiary alicyclic amines) is 1. The van der Waals surface area contributed by atoms with Gasteiger partial charge in [0.25, 0.3) is 5.91 Å². The molecule has 4 N–H and O–H groups in total. The zero-order valence-corrected chi connectivity index (χ0v) is 21.1. The van der Waals surface area contributed by atoms with Gasteiger partial charge in [-0.3, -0.25) is 14.7 Å². The molecule has 1 aliphatic heterocycles. The molecule has 2 aliphatic carbocycles. The van der Waals surface area contributed by atoms with Crippen LogP contribution in [0, 0.1) is 11.7 Å². The number of aliphatic hydroxyl groups is 2. The number of methoxy groups -OCH3 is 1. The number of pyridine rings is 1. The van der Waals surface area contributed by atoms with Crippen molar-refractivity contribution in [3.8, 4) is 17.1 Å². The maximum Gasteiger partial charge on any atom is 0.417 e. The Morgan fingerprint density at radius 2 is 1.95 bits per heavy atom. The summed E-state index contributed by atoms with van der Waals surface area (Å²) in [5.41, 5.74) is -3.00. The highest BCUT2D eigenvalue weighted by Crippen LogP contribution is 2.50. The third kappa shape index (κ3) is 5.07. The predicted molar refractivity (Wildman–Crippen MR) is 127 cm³/mol. The molecule has 1 saturated heterocycles. The fraction of sp³-hybridized carbons (Fsp3) is 0.600. The van der Waals surface area contributed by atoms with Gasteiger partial charge in [0.1, 0.15) is 0 Å². The van der Waals surface area contributed by atoms with Crippen LogP contribution in [0.2, 0.25) is 0 Å². The topological polar surface area (TPSA) is 141 Å². The van der Waals surface area contributed by atoms with Crippen molar-refractivity contribution in [3.63, 3.8) is 0 Å². The first-order valence-corrected chi connectivity index (χ1v) is 12.7. The fourth-order valence-electron chi connectivity index (χ4n) is 5.70. The summed E-state index contributed by atoms with van der Waals surface area (Å²) >= 11 is 0. The number of ether oxygens (including phenoxy) is 1. The Morgan fingerprint density at radius 3 is 2.59 bits per heavy atom. The molecule has 39 heavy (non-hydrogen) atoms. The first-order chi connectivity index (χ1) is 18.4. The molecule has 4 atom stereocenters. The van der Waals surface area contributed by atoms with E-state index >= 15 is 0 Å². The van der Waals surface area contributed by atoms with Crippen LogP contribution in [0.4, 0.5) is 17.6 Å². The summed E-state index contributed by atoms with van der Waals surface area (Å²) in [4.78, 5) is 31.8. The van der Waals surface area contributed by atoms with E-state index in [0.717, 1.165) is 6.20 Å². The largest absolute Gasteiger partial charge is 0.481 e. The Labute approximate surface area is 220 Å². The molecule has 14 heteroatoms. The summed E-state index contributed by atoms with van der Waals surface area (Å²) in [5.74, 6) is -1.65. The summed E-state index contributed by atoms with van der Waals surface area (Å²) in [6, 6.07) is 1.93. The summed E-state index contributed by atoms with van der Waals surface area (Å²) in [6.07, 6.45) is -5.07. The Kier molecular flexibility index (Phi) is 6.82. The van der Waals surface area contributed by atoms with Crippen LogP contribution in [0.25, 0.3) is 11.3 Å². The second-order valence-corrected chi connectivity index (χ2v) is 10.7. The zero-order chi connectivity index (χ0) is 28.2. The van der Waals surface area contributed by atoms with Crippen LogP contribution in [-0.2, 0) is 4.79 Å². The Hall–Kier alpha value is -3.26.